The number of benzene rings is 1. The molecule has 0 saturated carbocycles. The Morgan fingerprint density at radius 2 is 1.85 bits per heavy atom. The smallest absolute Gasteiger partial charge is 0.310 e. The number of hydrogen-bond donors (Lipinski definition) is 3. The molecule has 1 aliphatic rings. The van der Waals surface area contributed by atoms with Crippen molar-refractivity contribution < 1.29 is 18.0 Å². The van der Waals surface area contributed by atoms with Gasteiger partial charge in [0, 0.05) is 23.2 Å². The van der Waals surface area contributed by atoms with Gasteiger partial charge >= 0.3 is 6.03 Å². The van der Waals surface area contributed by atoms with Gasteiger partial charge in [0.05, 0.1) is 4.90 Å². The van der Waals surface area contributed by atoms with E-state index in [9.17, 15) is 18.0 Å². The van der Waals surface area contributed by atoms with E-state index in [4.69, 9.17) is 5.14 Å². The van der Waals surface area contributed by atoms with Crippen LogP contribution in [0.5, 0.6) is 0 Å². The number of thioether (sulfide) groups is 1. The summed E-state index contributed by atoms with van der Waals surface area (Å²) in [5, 5.41) is 9.91. The number of rotatable bonds is 3. The SMILES string of the molecule is NS(=O)(=O)c1ccc(NC(=O)NC2=CC(=O)SC2)cc1. The Balaban J connectivity index is 1.98. The van der Waals surface area contributed by atoms with Crippen LogP contribution in [0.25, 0.3) is 0 Å². The Bertz CT molecular complexity index is 680. The maximum atomic E-state index is 11.6. The van der Waals surface area contributed by atoms with Gasteiger partial charge < -0.3 is 10.6 Å². The van der Waals surface area contributed by atoms with Crippen molar-refractivity contribution in [2.24, 2.45) is 5.14 Å². The number of hydrogen-bond acceptors (Lipinski definition) is 5. The summed E-state index contributed by atoms with van der Waals surface area (Å²) in [6.07, 6.45) is 1.36. The predicted octanol–water partition coefficient (Wildman–Crippen LogP) is 0.613. The lowest BCUT2D eigenvalue weighted by molar-refractivity contribution is -0.106. The van der Waals surface area contributed by atoms with Gasteiger partial charge in [-0.05, 0) is 24.3 Å². The molecule has 0 radical (unpaired) electrons. The number of amides is 2. The minimum atomic E-state index is -3.75. The summed E-state index contributed by atoms with van der Waals surface area (Å²) in [5.41, 5.74) is 0.936. The van der Waals surface area contributed by atoms with Crippen LogP contribution in [0.3, 0.4) is 0 Å². The molecule has 0 unspecified atom stereocenters. The first-order valence-corrected chi connectivity index (χ1v) is 7.96. The Kier molecular flexibility index (Phi) is 4.12. The second kappa shape index (κ2) is 5.65. The van der Waals surface area contributed by atoms with E-state index < -0.39 is 16.1 Å². The summed E-state index contributed by atoms with van der Waals surface area (Å²) in [7, 11) is -3.75. The van der Waals surface area contributed by atoms with Gasteiger partial charge in [-0.3, -0.25) is 4.79 Å². The Labute approximate surface area is 119 Å². The lowest BCUT2D eigenvalue weighted by atomic mass is 10.3. The summed E-state index contributed by atoms with van der Waals surface area (Å²) in [4.78, 5) is 22.6. The molecule has 4 N–H and O–H groups in total. The lowest BCUT2D eigenvalue weighted by Gasteiger charge is -2.08. The van der Waals surface area contributed by atoms with Crippen molar-refractivity contribution in [1.29, 1.82) is 0 Å². The Morgan fingerprint density at radius 1 is 1.20 bits per heavy atom. The molecule has 106 valence electrons. The van der Waals surface area contributed by atoms with Crippen molar-refractivity contribution in [1.82, 2.24) is 5.32 Å². The second-order valence-corrected chi connectivity index (χ2v) is 6.47. The van der Waals surface area contributed by atoms with Gasteiger partial charge in [-0.25, -0.2) is 18.4 Å². The van der Waals surface area contributed by atoms with Gasteiger partial charge in [0.15, 0.2) is 0 Å². The number of nitrogens with one attached hydrogen (secondary N) is 2. The molecule has 0 aliphatic carbocycles. The van der Waals surface area contributed by atoms with Crippen molar-refractivity contribution in [3.8, 4) is 0 Å². The summed E-state index contributed by atoms with van der Waals surface area (Å²) in [6, 6.07) is 4.91. The van der Waals surface area contributed by atoms with E-state index in [1.807, 2.05) is 0 Å². The molecule has 20 heavy (non-hydrogen) atoms. The van der Waals surface area contributed by atoms with Crippen molar-refractivity contribution in [2.45, 2.75) is 4.90 Å². The minimum Gasteiger partial charge on any atom is -0.310 e. The fourth-order valence-electron chi connectivity index (χ4n) is 1.48. The molecule has 9 heteroatoms. The molecular formula is C11H11N3O4S2. The zero-order chi connectivity index (χ0) is 14.8. The number of nitrogens with two attached hydrogens (primary N) is 1. The van der Waals surface area contributed by atoms with E-state index in [1.54, 1.807) is 0 Å². The molecule has 1 heterocycles. The normalized spacial score (nSPS) is 14.8. The van der Waals surface area contributed by atoms with Crippen LogP contribution >= 0.6 is 11.8 Å². The molecule has 0 atom stereocenters. The highest BCUT2D eigenvalue weighted by Gasteiger charge is 2.15. The number of primary sulfonamides is 1. The van der Waals surface area contributed by atoms with Gasteiger partial charge in [-0.1, -0.05) is 11.8 Å². The van der Waals surface area contributed by atoms with Crippen molar-refractivity contribution in [3.05, 3.63) is 36.0 Å². The number of urea groups is 1. The number of carbonyl (C=O) groups excluding carboxylic acids is 2. The van der Waals surface area contributed by atoms with E-state index >= 15 is 0 Å². The van der Waals surface area contributed by atoms with E-state index in [0.29, 0.717) is 17.1 Å². The van der Waals surface area contributed by atoms with Gasteiger partial charge in [0.2, 0.25) is 15.1 Å². The van der Waals surface area contributed by atoms with E-state index in [1.165, 1.54) is 30.3 Å². The van der Waals surface area contributed by atoms with E-state index in [-0.39, 0.29) is 10.0 Å². The fraction of sp³-hybridized carbons (Fsp3) is 0.0909. The van der Waals surface area contributed by atoms with E-state index in [2.05, 4.69) is 10.6 Å². The quantitative estimate of drug-likeness (QED) is 0.755. The number of carbonyl (C=O) groups is 2. The van der Waals surface area contributed by atoms with Gasteiger partial charge in [0.25, 0.3) is 0 Å². The van der Waals surface area contributed by atoms with Crippen LogP contribution in [-0.2, 0) is 14.8 Å². The second-order valence-electron chi connectivity index (χ2n) is 3.93. The summed E-state index contributed by atoms with van der Waals surface area (Å²) in [5.74, 6) is 0.427. The van der Waals surface area contributed by atoms with Crippen LogP contribution in [0.2, 0.25) is 0 Å². The van der Waals surface area contributed by atoms with E-state index in [0.717, 1.165) is 11.8 Å². The maximum Gasteiger partial charge on any atom is 0.323 e. The highest BCUT2D eigenvalue weighted by Crippen LogP contribution is 2.17. The number of anilines is 1. The Hall–Kier alpha value is -1.84. The molecule has 2 amide bonds. The summed E-state index contributed by atoms with van der Waals surface area (Å²) >= 11 is 1.10. The van der Waals surface area contributed by atoms with Gasteiger partial charge in [-0.15, -0.1) is 0 Å². The van der Waals surface area contributed by atoms with Crippen LogP contribution in [0.1, 0.15) is 0 Å². The fourth-order valence-corrected chi connectivity index (χ4v) is 2.68. The predicted molar refractivity (Wildman–Crippen MR) is 75.5 cm³/mol. The highest BCUT2D eigenvalue weighted by atomic mass is 32.2. The van der Waals surface area contributed by atoms with Crippen LogP contribution in [0.15, 0.2) is 40.9 Å². The zero-order valence-corrected chi connectivity index (χ0v) is 11.8. The standard InChI is InChI=1S/C11H11N3O4S2/c12-20(17,18)9-3-1-7(2-4-9)13-11(16)14-8-5-10(15)19-6-8/h1-5H,6H2,(H2,12,17,18)(H2,13,14,16). The molecule has 0 spiro atoms. The first-order valence-electron chi connectivity index (χ1n) is 5.43. The third kappa shape index (κ3) is 3.83. The van der Waals surface area contributed by atoms with Crippen molar-refractivity contribution in [3.63, 3.8) is 0 Å². The third-order valence-corrected chi connectivity index (χ3v) is 4.16. The Morgan fingerprint density at radius 3 is 2.35 bits per heavy atom. The van der Waals surface area contributed by atoms with Crippen molar-refractivity contribution >= 4 is 38.6 Å². The first kappa shape index (κ1) is 14.6. The van der Waals surface area contributed by atoms with Gasteiger partial charge in [0.1, 0.15) is 0 Å². The average Bonchev–Trinajstić information content (AvgIpc) is 2.74. The summed E-state index contributed by atoms with van der Waals surface area (Å²) in [6.45, 7) is 0. The minimum absolute atomic E-state index is 0.0380. The average molecular weight is 313 g/mol. The molecule has 0 saturated heterocycles. The third-order valence-electron chi connectivity index (χ3n) is 2.38. The largest absolute Gasteiger partial charge is 0.323 e. The van der Waals surface area contributed by atoms with Crippen LogP contribution < -0.4 is 15.8 Å². The first-order chi connectivity index (χ1) is 9.34. The molecule has 1 aromatic rings. The maximum absolute atomic E-state index is 11.6. The summed E-state index contributed by atoms with van der Waals surface area (Å²) < 4.78 is 22.1. The molecule has 7 nitrogen and oxygen atoms in total. The van der Waals surface area contributed by atoms with Gasteiger partial charge in [-0.2, -0.15) is 0 Å². The zero-order valence-electron chi connectivity index (χ0n) is 10.1. The van der Waals surface area contributed by atoms with Crippen molar-refractivity contribution in [2.75, 3.05) is 11.1 Å². The lowest BCUT2D eigenvalue weighted by Crippen LogP contribution is -2.28. The molecule has 0 aromatic heterocycles. The molecule has 0 bridgehead atoms. The van der Waals surface area contributed by atoms with Crippen LogP contribution in [0.4, 0.5) is 10.5 Å². The van der Waals surface area contributed by atoms with Crippen LogP contribution in [-0.4, -0.2) is 25.3 Å². The molecule has 2 rings (SSSR count). The monoisotopic (exact) mass is 313 g/mol. The number of sulfonamides is 1. The molecule has 0 fully saturated rings. The highest BCUT2D eigenvalue weighted by molar-refractivity contribution is 8.14. The molecule has 1 aliphatic heterocycles. The topological polar surface area (TPSA) is 118 Å². The van der Waals surface area contributed by atoms with Crippen LogP contribution in [0, 0.1) is 0 Å². The molecular weight excluding hydrogens is 302 g/mol. The molecule has 1 aromatic carbocycles.